The van der Waals surface area contributed by atoms with Gasteiger partial charge in [-0.3, -0.25) is 4.79 Å². The fourth-order valence-electron chi connectivity index (χ4n) is 1.55. The molecule has 2 aromatic carbocycles. The highest BCUT2D eigenvalue weighted by Gasteiger charge is 2.07. The van der Waals surface area contributed by atoms with E-state index in [1.807, 2.05) is 6.07 Å². The van der Waals surface area contributed by atoms with Crippen molar-refractivity contribution < 1.29 is 13.9 Å². The van der Waals surface area contributed by atoms with Crippen molar-refractivity contribution >= 4 is 27.5 Å². The quantitative estimate of drug-likeness (QED) is 0.919. The van der Waals surface area contributed by atoms with Gasteiger partial charge in [-0.05, 0) is 58.4 Å². The first-order valence-corrected chi connectivity index (χ1v) is 6.75. The largest absolute Gasteiger partial charge is 0.484 e. The average Bonchev–Trinajstić information content (AvgIpc) is 2.48. The van der Waals surface area contributed by atoms with Crippen LogP contribution in [-0.2, 0) is 4.79 Å². The third kappa shape index (κ3) is 4.29. The van der Waals surface area contributed by atoms with Crippen LogP contribution in [0.5, 0.6) is 5.75 Å². The highest BCUT2D eigenvalue weighted by molar-refractivity contribution is 9.10. The van der Waals surface area contributed by atoms with E-state index in [0.29, 0.717) is 21.5 Å². The van der Waals surface area contributed by atoms with Crippen molar-refractivity contribution in [1.29, 1.82) is 5.26 Å². The number of halogens is 2. The minimum Gasteiger partial charge on any atom is -0.484 e. The van der Waals surface area contributed by atoms with E-state index >= 15 is 0 Å². The van der Waals surface area contributed by atoms with Crippen molar-refractivity contribution in [3.63, 3.8) is 0 Å². The number of hydrogen-bond acceptors (Lipinski definition) is 3. The molecule has 0 saturated carbocycles. The van der Waals surface area contributed by atoms with Crippen LogP contribution in [-0.4, -0.2) is 12.5 Å². The molecule has 6 heteroatoms. The summed E-state index contributed by atoms with van der Waals surface area (Å²) >= 11 is 3.16. The molecule has 1 N–H and O–H groups in total. The van der Waals surface area contributed by atoms with Gasteiger partial charge in [0.15, 0.2) is 6.61 Å². The molecule has 0 bridgehead atoms. The van der Waals surface area contributed by atoms with Crippen LogP contribution >= 0.6 is 15.9 Å². The minimum absolute atomic E-state index is 0.185. The molecule has 0 heterocycles. The van der Waals surface area contributed by atoms with Crippen molar-refractivity contribution in [3.05, 3.63) is 58.3 Å². The molecular weight excluding hydrogens is 339 g/mol. The van der Waals surface area contributed by atoms with Gasteiger partial charge in [0.25, 0.3) is 5.91 Å². The number of nitriles is 1. The summed E-state index contributed by atoms with van der Waals surface area (Å²) < 4.78 is 18.7. The SMILES string of the molecule is N#Cc1ccc(OCC(=O)Nc2ccc(F)cc2Br)cc1. The lowest BCUT2D eigenvalue weighted by Crippen LogP contribution is -2.20. The number of amides is 1. The molecular formula is C15H10BrFN2O2. The second-order valence-electron chi connectivity index (χ2n) is 4.10. The first-order valence-electron chi connectivity index (χ1n) is 5.96. The monoisotopic (exact) mass is 348 g/mol. The second-order valence-corrected chi connectivity index (χ2v) is 4.95. The molecule has 4 nitrogen and oxygen atoms in total. The smallest absolute Gasteiger partial charge is 0.262 e. The van der Waals surface area contributed by atoms with Crippen LogP contribution in [0.25, 0.3) is 0 Å². The van der Waals surface area contributed by atoms with Crippen LogP contribution in [0.15, 0.2) is 46.9 Å². The average molecular weight is 349 g/mol. The van der Waals surface area contributed by atoms with E-state index < -0.39 is 5.82 Å². The molecule has 21 heavy (non-hydrogen) atoms. The summed E-state index contributed by atoms with van der Waals surface area (Å²) in [5, 5.41) is 11.3. The molecule has 0 unspecified atom stereocenters. The van der Waals surface area contributed by atoms with Gasteiger partial charge < -0.3 is 10.1 Å². The molecule has 0 aliphatic rings. The first-order chi connectivity index (χ1) is 10.1. The predicted octanol–water partition coefficient (Wildman–Crippen LogP) is 3.48. The standard InChI is InChI=1S/C15H10BrFN2O2/c16-13-7-11(17)3-6-14(13)19-15(20)9-21-12-4-1-10(8-18)2-5-12/h1-7H,9H2,(H,19,20). The van der Waals surface area contributed by atoms with Crippen LogP contribution in [0, 0.1) is 17.1 Å². The number of anilines is 1. The molecule has 1 amide bonds. The maximum Gasteiger partial charge on any atom is 0.262 e. The Balaban J connectivity index is 1.91. The minimum atomic E-state index is -0.395. The van der Waals surface area contributed by atoms with Crippen LogP contribution < -0.4 is 10.1 Å². The van der Waals surface area contributed by atoms with Crippen molar-refractivity contribution in [2.24, 2.45) is 0 Å². The molecule has 0 fully saturated rings. The van der Waals surface area contributed by atoms with E-state index in [-0.39, 0.29) is 12.5 Å². The Kier molecular flexibility index (Phi) is 4.90. The van der Waals surface area contributed by atoms with Crippen molar-refractivity contribution in [3.8, 4) is 11.8 Å². The summed E-state index contributed by atoms with van der Waals surface area (Å²) in [5.41, 5.74) is 0.979. The third-order valence-electron chi connectivity index (χ3n) is 2.56. The van der Waals surface area contributed by atoms with Gasteiger partial charge in [-0.15, -0.1) is 0 Å². The number of carbonyl (C=O) groups is 1. The van der Waals surface area contributed by atoms with Crippen molar-refractivity contribution in [2.45, 2.75) is 0 Å². The fraction of sp³-hybridized carbons (Fsp3) is 0.0667. The van der Waals surface area contributed by atoms with Crippen LogP contribution in [0.1, 0.15) is 5.56 Å². The normalized spacial score (nSPS) is 9.76. The van der Waals surface area contributed by atoms with Gasteiger partial charge >= 0.3 is 0 Å². The maximum absolute atomic E-state index is 12.9. The number of carbonyl (C=O) groups excluding carboxylic acids is 1. The number of benzene rings is 2. The summed E-state index contributed by atoms with van der Waals surface area (Å²) in [4.78, 5) is 11.7. The van der Waals surface area contributed by atoms with Gasteiger partial charge in [-0.1, -0.05) is 0 Å². The lowest BCUT2D eigenvalue weighted by atomic mass is 10.2. The molecule has 0 aliphatic heterocycles. The van der Waals surface area contributed by atoms with Gasteiger partial charge in [0.05, 0.1) is 17.3 Å². The molecule has 2 rings (SSSR count). The first kappa shape index (κ1) is 15.0. The number of nitrogens with one attached hydrogen (secondary N) is 1. The molecule has 0 atom stereocenters. The zero-order chi connectivity index (χ0) is 15.2. The summed E-state index contributed by atoms with van der Waals surface area (Å²) in [6.45, 7) is -0.185. The highest BCUT2D eigenvalue weighted by atomic mass is 79.9. The molecule has 0 radical (unpaired) electrons. The number of nitrogens with zero attached hydrogens (tertiary/aromatic N) is 1. The van der Waals surface area contributed by atoms with E-state index in [0.717, 1.165) is 0 Å². The van der Waals surface area contributed by atoms with Crippen LogP contribution in [0.4, 0.5) is 10.1 Å². The Morgan fingerprint density at radius 2 is 2.00 bits per heavy atom. The van der Waals surface area contributed by atoms with Crippen molar-refractivity contribution in [1.82, 2.24) is 0 Å². The summed E-state index contributed by atoms with van der Waals surface area (Å²) in [7, 11) is 0. The Morgan fingerprint density at radius 3 is 2.62 bits per heavy atom. The predicted molar refractivity (Wildman–Crippen MR) is 79.4 cm³/mol. The van der Waals surface area contributed by atoms with Gasteiger partial charge in [0.1, 0.15) is 11.6 Å². The second kappa shape index (κ2) is 6.86. The number of ether oxygens (including phenoxy) is 1. The lowest BCUT2D eigenvalue weighted by molar-refractivity contribution is -0.118. The van der Waals surface area contributed by atoms with Crippen LogP contribution in [0.3, 0.4) is 0 Å². The molecule has 106 valence electrons. The summed E-state index contributed by atoms with van der Waals surface area (Å²) in [5.74, 6) is -0.275. The van der Waals surface area contributed by atoms with E-state index in [9.17, 15) is 9.18 Å². The Morgan fingerprint density at radius 1 is 1.29 bits per heavy atom. The zero-order valence-corrected chi connectivity index (χ0v) is 12.4. The van der Waals surface area contributed by atoms with Crippen molar-refractivity contribution in [2.75, 3.05) is 11.9 Å². The van der Waals surface area contributed by atoms with E-state index in [2.05, 4.69) is 21.2 Å². The fourth-order valence-corrected chi connectivity index (χ4v) is 2.00. The molecule has 0 aliphatic carbocycles. The Bertz CT molecular complexity index is 696. The molecule has 0 aromatic heterocycles. The Hall–Kier alpha value is -2.39. The van der Waals surface area contributed by atoms with Gasteiger partial charge in [0, 0.05) is 4.47 Å². The summed E-state index contributed by atoms with van der Waals surface area (Å²) in [6, 6.07) is 12.4. The number of hydrogen-bond donors (Lipinski definition) is 1. The van der Waals surface area contributed by atoms with Gasteiger partial charge in [-0.2, -0.15) is 5.26 Å². The van der Waals surface area contributed by atoms with Crippen LogP contribution in [0.2, 0.25) is 0 Å². The third-order valence-corrected chi connectivity index (χ3v) is 3.21. The zero-order valence-electron chi connectivity index (χ0n) is 10.8. The highest BCUT2D eigenvalue weighted by Crippen LogP contribution is 2.23. The van der Waals surface area contributed by atoms with E-state index in [4.69, 9.17) is 10.00 Å². The Labute approximate surface area is 129 Å². The van der Waals surface area contributed by atoms with E-state index in [1.165, 1.54) is 18.2 Å². The maximum atomic E-state index is 12.9. The molecule has 2 aromatic rings. The lowest BCUT2D eigenvalue weighted by Gasteiger charge is -2.09. The number of rotatable bonds is 4. The molecule has 0 saturated heterocycles. The van der Waals surface area contributed by atoms with E-state index in [1.54, 1.807) is 24.3 Å². The molecule has 0 spiro atoms. The van der Waals surface area contributed by atoms with Gasteiger partial charge in [-0.25, -0.2) is 4.39 Å². The van der Waals surface area contributed by atoms with Gasteiger partial charge in [0.2, 0.25) is 0 Å². The summed E-state index contributed by atoms with van der Waals surface area (Å²) in [6.07, 6.45) is 0. The topological polar surface area (TPSA) is 62.1 Å².